The van der Waals surface area contributed by atoms with Gasteiger partial charge in [0.25, 0.3) is 11.7 Å². The number of ketones is 1. The minimum absolute atomic E-state index is 0.322. The van der Waals surface area contributed by atoms with Gasteiger partial charge in [-0.2, -0.15) is 5.26 Å². The van der Waals surface area contributed by atoms with E-state index in [1.54, 1.807) is 29.4 Å². The van der Waals surface area contributed by atoms with Gasteiger partial charge >= 0.3 is 0 Å². The fourth-order valence-corrected chi connectivity index (χ4v) is 4.83. The molecule has 0 atom stereocenters. The minimum Gasteiger partial charge on any atom is -0.359 e. The first kappa shape index (κ1) is 23.7. The number of benzene rings is 2. The molecule has 180 valence electrons. The van der Waals surface area contributed by atoms with Crippen molar-refractivity contribution in [2.75, 3.05) is 13.1 Å². The number of fused-ring (bicyclic) bond motifs is 1. The molecule has 7 heteroatoms. The molecule has 0 bridgehead atoms. The number of aromatic amines is 1. The molecule has 0 aliphatic carbocycles. The lowest BCUT2D eigenvalue weighted by atomic mass is 9.97. The Labute approximate surface area is 214 Å². The van der Waals surface area contributed by atoms with Crippen LogP contribution in [-0.4, -0.2) is 39.6 Å². The summed E-state index contributed by atoms with van der Waals surface area (Å²) in [7, 11) is 0. The quantitative estimate of drug-likeness (QED) is 0.233. The summed E-state index contributed by atoms with van der Waals surface area (Å²) in [5, 5.41) is 9.75. The number of nitrogens with zero attached hydrogens (tertiary/aromatic N) is 4. The highest BCUT2D eigenvalue weighted by Gasteiger charge is 2.29. The van der Waals surface area contributed by atoms with E-state index in [0.717, 1.165) is 22.3 Å². The molecule has 1 N–H and O–H groups in total. The Bertz CT molecular complexity index is 1620. The van der Waals surface area contributed by atoms with E-state index < -0.39 is 11.7 Å². The van der Waals surface area contributed by atoms with Crippen LogP contribution in [-0.2, 0) is 4.79 Å². The summed E-state index contributed by atoms with van der Waals surface area (Å²) in [4.78, 5) is 39.6. The number of nitrogens with one attached hydrogen (secondary N) is 1. The summed E-state index contributed by atoms with van der Waals surface area (Å²) in [6.07, 6.45) is 4.39. The molecule has 3 heterocycles. The van der Waals surface area contributed by atoms with Crippen molar-refractivity contribution in [2.24, 2.45) is 0 Å². The molecule has 2 aromatic heterocycles. The number of rotatable bonds is 4. The van der Waals surface area contributed by atoms with Crippen molar-refractivity contribution in [2.45, 2.75) is 19.8 Å². The van der Waals surface area contributed by atoms with Gasteiger partial charge in [-0.05, 0) is 43.0 Å². The number of nitriles is 1. The van der Waals surface area contributed by atoms with Crippen LogP contribution in [0.25, 0.3) is 32.7 Å². The van der Waals surface area contributed by atoms with E-state index in [0.29, 0.717) is 59.4 Å². The van der Waals surface area contributed by atoms with E-state index >= 15 is 0 Å². The molecule has 0 radical (unpaired) electrons. The van der Waals surface area contributed by atoms with Gasteiger partial charge in [-0.3, -0.25) is 14.6 Å². The van der Waals surface area contributed by atoms with Gasteiger partial charge in [0.15, 0.2) is 5.70 Å². The predicted molar refractivity (Wildman–Crippen MR) is 141 cm³/mol. The third-order valence-electron chi connectivity index (χ3n) is 6.77. The summed E-state index contributed by atoms with van der Waals surface area (Å²) < 4.78 is 0. The van der Waals surface area contributed by atoms with Crippen LogP contribution in [0.15, 0.2) is 72.6 Å². The average Bonchev–Trinajstić information content (AvgIpc) is 3.40. The fraction of sp³-hybridized carbons (Fsp3) is 0.167. The first-order valence-electron chi connectivity index (χ1n) is 12.0. The molecule has 1 saturated heterocycles. The molecule has 4 aromatic rings. The number of piperidine rings is 1. The summed E-state index contributed by atoms with van der Waals surface area (Å²) in [6.45, 7) is 10.3. The highest BCUT2D eigenvalue weighted by molar-refractivity contribution is 6.45. The Kier molecular flexibility index (Phi) is 6.36. The van der Waals surface area contributed by atoms with Crippen molar-refractivity contribution in [1.82, 2.24) is 14.9 Å². The number of aryl methyl sites for hydroxylation is 1. The van der Waals surface area contributed by atoms with E-state index in [4.69, 9.17) is 11.8 Å². The van der Waals surface area contributed by atoms with Gasteiger partial charge in [0.05, 0.1) is 35.0 Å². The zero-order chi connectivity index (χ0) is 25.9. The number of Topliss-reactive ketones (excluding diaryl/α,β-unsaturated/α-hetero) is 1. The highest BCUT2D eigenvalue weighted by Crippen LogP contribution is 2.32. The van der Waals surface area contributed by atoms with Crippen LogP contribution in [0.1, 0.15) is 39.9 Å². The number of hydrogen-bond donors (Lipinski definition) is 1. The summed E-state index contributed by atoms with van der Waals surface area (Å²) >= 11 is 0. The van der Waals surface area contributed by atoms with Crippen LogP contribution in [0, 0.1) is 24.8 Å². The Hall–Kier alpha value is -5.01. The number of amides is 1. The number of likely N-dealkylation sites (tertiary alicyclic amines) is 1. The molecule has 1 fully saturated rings. The van der Waals surface area contributed by atoms with Crippen LogP contribution in [0.3, 0.4) is 0 Å². The molecule has 1 aliphatic rings. The fourth-order valence-electron chi connectivity index (χ4n) is 4.83. The Morgan fingerprint density at radius 3 is 2.43 bits per heavy atom. The van der Waals surface area contributed by atoms with E-state index in [-0.39, 0.29) is 0 Å². The molecule has 0 saturated carbocycles. The van der Waals surface area contributed by atoms with Gasteiger partial charge < -0.3 is 9.88 Å². The first-order valence-corrected chi connectivity index (χ1v) is 12.0. The highest BCUT2D eigenvalue weighted by atomic mass is 16.2. The lowest BCUT2D eigenvalue weighted by Gasteiger charge is -2.28. The number of pyridine rings is 1. The van der Waals surface area contributed by atoms with Gasteiger partial charge in [0.1, 0.15) is 0 Å². The lowest BCUT2D eigenvalue weighted by Crippen LogP contribution is -2.40. The van der Waals surface area contributed by atoms with Crippen LogP contribution in [0.2, 0.25) is 0 Å². The molecular formula is C30H23N5O2. The van der Waals surface area contributed by atoms with Crippen LogP contribution in [0.4, 0.5) is 0 Å². The lowest BCUT2D eigenvalue weighted by molar-refractivity contribution is -0.126. The van der Waals surface area contributed by atoms with Crippen LogP contribution >= 0.6 is 0 Å². The van der Waals surface area contributed by atoms with Gasteiger partial charge in [-0.15, -0.1) is 0 Å². The second kappa shape index (κ2) is 9.93. The molecule has 1 aliphatic heterocycles. The summed E-state index contributed by atoms with van der Waals surface area (Å²) in [5.41, 5.74) is 6.32. The Balaban J connectivity index is 1.39. The maximum Gasteiger partial charge on any atom is 0.295 e. The van der Waals surface area contributed by atoms with Crippen LogP contribution < -0.4 is 0 Å². The molecule has 2 aromatic carbocycles. The van der Waals surface area contributed by atoms with E-state index in [1.807, 2.05) is 49.4 Å². The molecule has 0 spiro atoms. The van der Waals surface area contributed by atoms with Gasteiger partial charge in [-0.1, -0.05) is 48.0 Å². The normalized spacial score (nSPS) is 13.2. The molecular weight excluding hydrogens is 462 g/mol. The van der Waals surface area contributed by atoms with Gasteiger partial charge in [0, 0.05) is 36.4 Å². The number of hydrogen-bond acceptors (Lipinski definition) is 4. The largest absolute Gasteiger partial charge is 0.359 e. The van der Waals surface area contributed by atoms with Crippen molar-refractivity contribution in [3.8, 4) is 17.3 Å². The second-order valence-electron chi connectivity index (χ2n) is 8.98. The van der Waals surface area contributed by atoms with Crippen molar-refractivity contribution in [3.63, 3.8) is 0 Å². The molecule has 1 amide bonds. The van der Waals surface area contributed by atoms with Crippen LogP contribution in [0.5, 0.6) is 0 Å². The summed E-state index contributed by atoms with van der Waals surface area (Å²) in [6, 6.07) is 18.7. The molecule has 5 rings (SSSR count). The molecule has 0 unspecified atom stereocenters. The van der Waals surface area contributed by atoms with Crippen molar-refractivity contribution < 1.29 is 9.59 Å². The summed E-state index contributed by atoms with van der Waals surface area (Å²) in [5.74, 6) is -1.10. The van der Waals surface area contributed by atoms with Crippen molar-refractivity contribution >= 4 is 28.3 Å². The smallest absolute Gasteiger partial charge is 0.295 e. The van der Waals surface area contributed by atoms with E-state index in [1.165, 1.54) is 0 Å². The molecule has 37 heavy (non-hydrogen) atoms. The van der Waals surface area contributed by atoms with Gasteiger partial charge in [0.2, 0.25) is 0 Å². The number of carbonyl (C=O) groups is 2. The zero-order valence-electron chi connectivity index (χ0n) is 20.3. The molecule has 7 nitrogen and oxygen atoms in total. The standard InChI is InChI=1S/C30H23N5O2/c1-19-17-33-27(22-10-8-20(16-31)9-11-22)28-25(19)24(18-34-28)29(36)30(37)35-14-12-23(13-15-35)26(32-2)21-6-4-3-5-7-21/h3-11,17-18,34H,12-15H2,1H3. The van der Waals surface area contributed by atoms with Gasteiger partial charge in [-0.25, -0.2) is 4.85 Å². The van der Waals surface area contributed by atoms with E-state index in [2.05, 4.69) is 20.9 Å². The monoisotopic (exact) mass is 485 g/mol. The maximum absolute atomic E-state index is 13.4. The Morgan fingerprint density at radius 1 is 1.08 bits per heavy atom. The predicted octanol–water partition coefficient (Wildman–Crippen LogP) is 5.55. The number of carbonyl (C=O) groups excluding carboxylic acids is 2. The maximum atomic E-state index is 13.4. The van der Waals surface area contributed by atoms with Crippen molar-refractivity contribution in [1.29, 1.82) is 5.26 Å². The minimum atomic E-state index is -0.563. The average molecular weight is 486 g/mol. The Morgan fingerprint density at radius 2 is 1.78 bits per heavy atom. The topological polar surface area (TPSA) is 94.2 Å². The SMILES string of the molecule is [C-]#[N+]C(=C1CCN(C(=O)C(=O)c2c[nH]c3c(-c4ccc(C#N)cc4)ncc(C)c23)CC1)c1ccccc1. The zero-order valence-corrected chi connectivity index (χ0v) is 20.3. The third-order valence-corrected chi connectivity index (χ3v) is 6.77. The second-order valence-corrected chi connectivity index (χ2v) is 8.98. The number of aromatic nitrogens is 2. The van der Waals surface area contributed by atoms with Crippen molar-refractivity contribution in [3.05, 3.63) is 106 Å². The third kappa shape index (κ3) is 4.39. The van der Waals surface area contributed by atoms with E-state index in [9.17, 15) is 9.59 Å². The number of H-pyrrole nitrogens is 1. The first-order chi connectivity index (χ1) is 18.0.